The lowest BCUT2D eigenvalue weighted by Gasteiger charge is -2.21. The highest BCUT2D eigenvalue weighted by Gasteiger charge is 2.33. The van der Waals surface area contributed by atoms with E-state index in [2.05, 4.69) is 21.1 Å². The fourth-order valence-corrected chi connectivity index (χ4v) is 4.55. The molecule has 0 radical (unpaired) electrons. The maximum absolute atomic E-state index is 14.1. The first-order valence-corrected chi connectivity index (χ1v) is 10.5. The average molecular weight is 435 g/mol. The molecule has 1 aliphatic rings. The Hall–Kier alpha value is -3.30. The third kappa shape index (κ3) is 3.77. The molecule has 0 bridgehead atoms. The second-order valence-electron chi connectivity index (χ2n) is 7.25. The lowest BCUT2D eigenvalue weighted by Crippen LogP contribution is -2.33. The summed E-state index contributed by atoms with van der Waals surface area (Å²) in [5.41, 5.74) is 2.63. The summed E-state index contributed by atoms with van der Waals surface area (Å²) in [7, 11) is 0. The SMILES string of the molecule is O=C(C(CO)c1ncccc1F)N1Cc2cn(Sc3ccc4ncccc4c3)nc2C1. The van der Waals surface area contributed by atoms with Crippen LogP contribution in [0.25, 0.3) is 10.9 Å². The summed E-state index contributed by atoms with van der Waals surface area (Å²) >= 11 is 1.48. The van der Waals surface area contributed by atoms with Gasteiger partial charge in [-0.2, -0.15) is 5.10 Å². The predicted molar refractivity (Wildman–Crippen MR) is 114 cm³/mol. The number of halogens is 1. The molecular weight excluding hydrogens is 417 g/mol. The molecule has 0 aliphatic carbocycles. The van der Waals surface area contributed by atoms with Gasteiger partial charge in [-0.3, -0.25) is 14.8 Å². The van der Waals surface area contributed by atoms with Crippen molar-refractivity contribution in [2.24, 2.45) is 0 Å². The molecular formula is C22H18FN5O2S. The second kappa shape index (κ2) is 8.09. The van der Waals surface area contributed by atoms with Crippen LogP contribution in [0.1, 0.15) is 22.9 Å². The van der Waals surface area contributed by atoms with Gasteiger partial charge in [-0.25, -0.2) is 8.48 Å². The van der Waals surface area contributed by atoms with E-state index >= 15 is 0 Å². The summed E-state index contributed by atoms with van der Waals surface area (Å²) in [5, 5.41) is 15.4. The van der Waals surface area contributed by atoms with Crippen molar-refractivity contribution in [3.8, 4) is 0 Å². The van der Waals surface area contributed by atoms with Crippen molar-refractivity contribution in [1.29, 1.82) is 0 Å². The van der Waals surface area contributed by atoms with Crippen molar-refractivity contribution in [2.75, 3.05) is 6.61 Å². The number of hydrogen-bond donors (Lipinski definition) is 1. The van der Waals surface area contributed by atoms with E-state index in [1.165, 1.54) is 30.3 Å². The summed E-state index contributed by atoms with van der Waals surface area (Å²) < 4.78 is 15.9. The Morgan fingerprint density at radius 1 is 1.16 bits per heavy atom. The Labute approximate surface area is 181 Å². The fourth-order valence-electron chi connectivity index (χ4n) is 3.70. The highest BCUT2D eigenvalue weighted by molar-refractivity contribution is 7.97. The predicted octanol–water partition coefficient (Wildman–Crippen LogP) is 3.14. The van der Waals surface area contributed by atoms with Crippen LogP contribution in [0.4, 0.5) is 4.39 Å². The molecule has 156 valence electrons. The number of carbonyl (C=O) groups excluding carboxylic acids is 1. The second-order valence-corrected chi connectivity index (χ2v) is 8.28. The molecule has 1 aromatic carbocycles. The van der Waals surface area contributed by atoms with Crippen molar-refractivity contribution < 1.29 is 14.3 Å². The normalized spacial score (nSPS) is 14.1. The van der Waals surface area contributed by atoms with Crippen LogP contribution in [0.2, 0.25) is 0 Å². The number of fused-ring (bicyclic) bond motifs is 2. The number of benzene rings is 1. The number of aliphatic hydroxyl groups is 1. The Morgan fingerprint density at radius 3 is 2.81 bits per heavy atom. The van der Waals surface area contributed by atoms with E-state index in [-0.39, 0.29) is 11.6 Å². The fraction of sp³-hybridized carbons (Fsp3) is 0.182. The van der Waals surface area contributed by atoms with E-state index in [1.54, 1.807) is 15.2 Å². The molecule has 9 heteroatoms. The van der Waals surface area contributed by atoms with Crippen molar-refractivity contribution in [3.63, 3.8) is 0 Å². The third-order valence-corrected chi connectivity index (χ3v) is 6.08. The average Bonchev–Trinajstić information content (AvgIpc) is 3.34. The van der Waals surface area contributed by atoms with E-state index in [0.717, 1.165) is 27.1 Å². The summed E-state index contributed by atoms with van der Waals surface area (Å²) in [4.78, 5) is 23.8. The van der Waals surface area contributed by atoms with Gasteiger partial charge in [0.1, 0.15) is 11.7 Å². The number of aliphatic hydroxyl groups excluding tert-OH is 1. The Morgan fingerprint density at radius 2 is 2.00 bits per heavy atom. The molecule has 4 heterocycles. The molecule has 0 fully saturated rings. The topological polar surface area (TPSA) is 84.1 Å². The van der Waals surface area contributed by atoms with Crippen molar-refractivity contribution in [2.45, 2.75) is 23.9 Å². The summed E-state index contributed by atoms with van der Waals surface area (Å²) in [5.74, 6) is -1.99. The lowest BCUT2D eigenvalue weighted by molar-refractivity contribution is -0.134. The molecule has 0 saturated heterocycles. The minimum absolute atomic E-state index is 0.0362. The number of hydrogen-bond acceptors (Lipinski definition) is 6. The first-order chi connectivity index (χ1) is 15.1. The molecule has 5 rings (SSSR count). The van der Waals surface area contributed by atoms with Gasteiger partial charge in [0.05, 0.1) is 30.1 Å². The number of pyridine rings is 2. The van der Waals surface area contributed by atoms with Gasteiger partial charge in [-0.05, 0) is 36.4 Å². The van der Waals surface area contributed by atoms with E-state index < -0.39 is 18.3 Å². The quantitative estimate of drug-likeness (QED) is 0.519. The zero-order valence-electron chi connectivity index (χ0n) is 16.3. The van der Waals surface area contributed by atoms with Gasteiger partial charge in [0.25, 0.3) is 0 Å². The van der Waals surface area contributed by atoms with Gasteiger partial charge in [0.2, 0.25) is 5.91 Å². The zero-order chi connectivity index (χ0) is 21.4. The molecule has 1 atom stereocenters. The highest BCUT2D eigenvalue weighted by atomic mass is 32.2. The number of amides is 1. The van der Waals surface area contributed by atoms with Gasteiger partial charge in [0.15, 0.2) is 0 Å². The monoisotopic (exact) mass is 435 g/mol. The first-order valence-electron chi connectivity index (χ1n) is 9.73. The minimum atomic E-state index is -1.03. The van der Waals surface area contributed by atoms with Crippen LogP contribution >= 0.6 is 11.9 Å². The molecule has 1 amide bonds. The molecule has 0 saturated carbocycles. The van der Waals surface area contributed by atoms with E-state index in [0.29, 0.717) is 13.1 Å². The standard InChI is InChI=1S/C22H18FN5O2S/c23-18-4-2-8-25-21(18)17(13-29)22(30)27-10-15-11-28(26-20(15)12-27)31-16-5-6-19-14(9-16)3-1-7-24-19/h1-9,11,17,29H,10,12-13H2. The van der Waals surface area contributed by atoms with Crippen molar-refractivity contribution in [1.82, 2.24) is 24.1 Å². The van der Waals surface area contributed by atoms with Crippen LogP contribution in [0, 0.1) is 5.82 Å². The molecule has 1 aliphatic heterocycles. The molecule has 0 spiro atoms. The Kier molecular flexibility index (Phi) is 5.13. The molecule has 3 aromatic heterocycles. The molecule has 7 nitrogen and oxygen atoms in total. The van der Waals surface area contributed by atoms with Gasteiger partial charge in [-0.15, -0.1) is 0 Å². The van der Waals surface area contributed by atoms with Gasteiger partial charge < -0.3 is 10.0 Å². The van der Waals surface area contributed by atoms with Crippen LogP contribution in [-0.2, 0) is 17.9 Å². The van der Waals surface area contributed by atoms with E-state index in [1.807, 2.05) is 30.5 Å². The summed E-state index contributed by atoms with van der Waals surface area (Å²) in [6.07, 6.45) is 5.08. The van der Waals surface area contributed by atoms with E-state index in [4.69, 9.17) is 0 Å². The molecule has 1 unspecified atom stereocenters. The summed E-state index contributed by atoms with van der Waals surface area (Å²) in [6.45, 7) is 0.170. The number of nitrogens with zero attached hydrogens (tertiary/aromatic N) is 5. The third-order valence-electron chi connectivity index (χ3n) is 5.24. The first kappa shape index (κ1) is 19.7. The molecule has 31 heavy (non-hydrogen) atoms. The van der Waals surface area contributed by atoms with Crippen LogP contribution < -0.4 is 0 Å². The largest absolute Gasteiger partial charge is 0.395 e. The number of carbonyl (C=O) groups is 1. The van der Waals surface area contributed by atoms with Crippen molar-refractivity contribution in [3.05, 3.63) is 83.8 Å². The van der Waals surface area contributed by atoms with Gasteiger partial charge in [0, 0.05) is 52.9 Å². The molecule has 1 N–H and O–H groups in total. The summed E-state index contributed by atoms with van der Waals surface area (Å²) in [6, 6.07) is 12.6. The van der Waals surface area contributed by atoms with Crippen molar-refractivity contribution >= 4 is 28.8 Å². The van der Waals surface area contributed by atoms with Gasteiger partial charge in [-0.1, -0.05) is 6.07 Å². The Bertz CT molecular complexity index is 1250. The van der Waals surface area contributed by atoms with Crippen LogP contribution in [0.3, 0.4) is 0 Å². The number of aromatic nitrogens is 4. The molecule has 4 aromatic rings. The van der Waals surface area contributed by atoms with Gasteiger partial charge >= 0.3 is 0 Å². The maximum atomic E-state index is 14.1. The van der Waals surface area contributed by atoms with Crippen LogP contribution in [0.15, 0.2) is 66.0 Å². The van der Waals surface area contributed by atoms with Crippen LogP contribution in [0.5, 0.6) is 0 Å². The minimum Gasteiger partial charge on any atom is -0.395 e. The Balaban J connectivity index is 1.30. The maximum Gasteiger partial charge on any atom is 0.234 e. The van der Waals surface area contributed by atoms with E-state index in [9.17, 15) is 14.3 Å². The smallest absolute Gasteiger partial charge is 0.234 e. The highest BCUT2D eigenvalue weighted by Crippen LogP contribution is 2.30. The zero-order valence-corrected chi connectivity index (χ0v) is 17.2. The number of rotatable bonds is 5. The van der Waals surface area contributed by atoms with Crippen LogP contribution in [-0.4, -0.2) is 41.7 Å². The lowest BCUT2D eigenvalue weighted by atomic mass is 10.0.